The number of nitrogens with one attached hydrogen (secondary N) is 1. The summed E-state index contributed by atoms with van der Waals surface area (Å²) in [6, 6.07) is 19.1. The number of aromatic amines is 1. The first-order valence-corrected chi connectivity index (χ1v) is 11.1. The summed E-state index contributed by atoms with van der Waals surface area (Å²) in [5.74, 6) is 1.31. The number of likely N-dealkylation sites (N-methyl/N-ethyl adjacent to an activating group) is 1. The molecule has 1 atom stereocenters. The van der Waals surface area contributed by atoms with E-state index in [2.05, 4.69) is 63.6 Å². The number of rotatable bonds is 5. The van der Waals surface area contributed by atoms with Gasteiger partial charge in [-0.1, -0.05) is 42.5 Å². The Bertz CT molecular complexity index is 1120. The van der Waals surface area contributed by atoms with Gasteiger partial charge in [0, 0.05) is 69.1 Å². The van der Waals surface area contributed by atoms with Crippen molar-refractivity contribution in [2.24, 2.45) is 5.10 Å². The number of carbonyl (C=O) groups excluding carboxylic acids is 1. The maximum Gasteiger partial charge on any atom is 0.219 e. The summed E-state index contributed by atoms with van der Waals surface area (Å²) in [5, 5.41) is 14.3. The maximum absolute atomic E-state index is 12.0. The standard InChI is InChI=1S/C25H28N6O/c1-18(32)30-13-12-24-23(17-30)25(28-27-24)31(15-19-6-4-3-5-7-19)22-10-8-20(9-11-22)21-14-26-29(2)16-21/h3-11,14,21H,12-13,15-17H2,1-2H3,(H,27,28). The molecule has 0 saturated heterocycles. The van der Waals surface area contributed by atoms with Crippen LogP contribution in [0.25, 0.3) is 0 Å². The van der Waals surface area contributed by atoms with Crippen LogP contribution in [0, 0.1) is 0 Å². The number of amides is 1. The highest BCUT2D eigenvalue weighted by atomic mass is 16.2. The SMILES string of the molecule is CC(=O)N1CCc2[nH]nc(N(Cc3ccccc3)c3ccc(C4C=NN(C)C4)cc3)c2C1. The number of nitrogens with zero attached hydrogens (tertiary/aromatic N) is 5. The van der Waals surface area contributed by atoms with Gasteiger partial charge in [-0.05, 0) is 23.3 Å². The van der Waals surface area contributed by atoms with Crippen LogP contribution in [0.15, 0.2) is 59.7 Å². The second kappa shape index (κ2) is 8.49. The number of carbonyl (C=O) groups is 1. The van der Waals surface area contributed by atoms with Gasteiger partial charge < -0.3 is 9.80 Å². The van der Waals surface area contributed by atoms with Crippen LogP contribution in [0.5, 0.6) is 0 Å². The van der Waals surface area contributed by atoms with Crippen LogP contribution in [0.4, 0.5) is 11.5 Å². The number of fused-ring (bicyclic) bond motifs is 1. The first kappa shape index (κ1) is 20.3. The Morgan fingerprint density at radius 3 is 2.62 bits per heavy atom. The Kier molecular flexibility index (Phi) is 5.39. The normalized spacial score (nSPS) is 17.5. The van der Waals surface area contributed by atoms with E-state index in [-0.39, 0.29) is 5.91 Å². The lowest BCUT2D eigenvalue weighted by Gasteiger charge is -2.29. The largest absolute Gasteiger partial charge is 0.338 e. The van der Waals surface area contributed by atoms with Crippen molar-refractivity contribution in [3.05, 3.63) is 77.0 Å². The minimum atomic E-state index is 0.102. The zero-order valence-corrected chi connectivity index (χ0v) is 18.5. The lowest BCUT2D eigenvalue weighted by Crippen LogP contribution is -2.34. The van der Waals surface area contributed by atoms with Crippen molar-refractivity contribution in [1.29, 1.82) is 0 Å². The number of aromatic nitrogens is 2. The molecular formula is C25H28N6O. The molecule has 0 bridgehead atoms. The number of benzene rings is 2. The summed E-state index contributed by atoms with van der Waals surface area (Å²) in [4.78, 5) is 16.2. The number of hydrazone groups is 1. The number of anilines is 2. The van der Waals surface area contributed by atoms with E-state index in [9.17, 15) is 4.79 Å². The van der Waals surface area contributed by atoms with E-state index in [4.69, 9.17) is 5.10 Å². The van der Waals surface area contributed by atoms with Crippen molar-refractivity contribution in [3.8, 4) is 0 Å². The molecular weight excluding hydrogens is 400 g/mol. The van der Waals surface area contributed by atoms with Crippen LogP contribution < -0.4 is 4.90 Å². The Hall–Kier alpha value is -3.61. The third-order valence-corrected chi connectivity index (χ3v) is 6.33. The molecule has 2 aromatic carbocycles. The summed E-state index contributed by atoms with van der Waals surface area (Å²) in [6.07, 6.45) is 2.81. The Labute approximate surface area is 188 Å². The van der Waals surface area contributed by atoms with Gasteiger partial charge in [0.1, 0.15) is 0 Å². The maximum atomic E-state index is 12.0. The third-order valence-electron chi connectivity index (χ3n) is 6.33. The number of hydrogen-bond donors (Lipinski definition) is 1. The molecule has 0 fully saturated rings. The number of H-pyrrole nitrogens is 1. The van der Waals surface area contributed by atoms with E-state index in [0.717, 1.165) is 42.3 Å². The average Bonchev–Trinajstić information content (AvgIpc) is 3.44. The van der Waals surface area contributed by atoms with Crippen LogP contribution in [0.2, 0.25) is 0 Å². The van der Waals surface area contributed by atoms with E-state index < -0.39 is 0 Å². The van der Waals surface area contributed by atoms with E-state index in [0.29, 0.717) is 19.0 Å². The molecule has 0 saturated carbocycles. The van der Waals surface area contributed by atoms with Crippen molar-refractivity contribution >= 4 is 23.6 Å². The van der Waals surface area contributed by atoms with Gasteiger partial charge in [0.2, 0.25) is 5.91 Å². The molecule has 1 N–H and O–H groups in total. The second-order valence-corrected chi connectivity index (χ2v) is 8.57. The lowest BCUT2D eigenvalue weighted by atomic mass is 10.00. The fourth-order valence-corrected chi connectivity index (χ4v) is 4.49. The molecule has 1 unspecified atom stereocenters. The van der Waals surface area contributed by atoms with Crippen molar-refractivity contribution in [2.75, 3.05) is 25.0 Å². The summed E-state index contributed by atoms with van der Waals surface area (Å²) >= 11 is 0. The van der Waals surface area contributed by atoms with E-state index >= 15 is 0 Å². The van der Waals surface area contributed by atoms with Crippen molar-refractivity contribution in [1.82, 2.24) is 20.1 Å². The second-order valence-electron chi connectivity index (χ2n) is 8.57. The smallest absolute Gasteiger partial charge is 0.219 e. The van der Waals surface area contributed by atoms with Gasteiger partial charge in [-0.15, -0.1) is 0 Å². The Morgan fingerprint density at radius 1 is 1.16 bits per heavy atom. The average molecular weight is 429 g/mol. The predicted molar refractivity (Wildman–Crippen MR) is 126 cm³/mol. The molecule has 0 aliphatic carbocycles. The van der Waals surface area contributed by atoms with Crippen LogP contribution in [-0.4, -0.2) is 52.4 Å². The zero-order valence-electron chi connectivity index (χ0n) is 18.5. The lowest BCUT2D eigenvalue weighted by molar-refractivity contribution is -0.129. The first-order valence-electron chi connectivity index (χ1n) is 11.1. The van der Waals surface area contributed by atoms with E-state index in [1.807, 2.05) is 29.2 Å². The fourth-order valence-electron chi connectivity index (χ4n) is 4.49. The molecule has 1 amide bonds. The van der Waals surface area contributed by atoms with Gasteiger partial charge >= 0.3 is 0 Å². The molecule has 7 heteroatoms. The highest BCUT2D eigenvalue weighted by Crippen LogP contribution is 2.34. The molecule has 5 rings (SSSR count). The molecule has 3 aromatic rings. The zero-order chi connectivity index (χ0) is 22.1. The van der Waals surface area contributed by atoms with Crippen molar-refractivity contribution < 1.29 is 4.79 Å². The Balaban J connectivity index is 1.49. The van der Waals surface area contributed by atoms with Crippen LogP contribution in [-0.2, 0) is 24.3 Å². The third kappa shape index (κ3) is 3.98. The van der Waals surface area contributed by atoms with E-state index in [1.165, 1.54) is 11.1 Å². The molecule has 7 nitrogen and oxygen atoms in total. The molecule has 0 spiro atoms. The quantitative estimate of drug-likeness (QED) is 0.673. The van der Waals surface area contributed by atoms with Gasteiger partial charge in [0.05, 0.1) is 6.54 Å². The van der Waals surface area contributed by atoms with Crippen molar-refractivity contribution in [3.63, 3.8) is 0 Å². The van der Waals surface area contributed by atoms with Crippen LogP contribution in [0.1, 0.15) is 35.2 Å². The summed E-state index contributed by atoms with van der Waals surface area (Å²) in [7, 11) is 2.00. The fraction of sp³-hybridized carbons (Fsp3) is 0.320. The first-order chi connectivity index (χ1) is 15.6. The molecule has 1 aromatic heterocycles. The van der Waals surface area contributed by atoms with Gasteiger partial charge in [0.15, 0.2) is 5.82 Å². The molecule has 2 aliphatic rings. The molecule has 2 aliphatic heterocycles. The topological polar surface area (TPSA) is 67.8 Å². The number of hydrogen-bond acceptors (Lipinski definition) is 5. The molecule has 32 heavy (non-hydrogen) atoms. The van der Waals surface area contributed by atoms with Gasteiger partial charge in [0.25, 0.3) is 0 Å². The van der Waals surface area contributed by atoms with Gasteiger partial charge in [-0.3, -0.25) is 14.9 Å². The predicted octanol–water partition coefficient (Wildman–Crippen LogP) is 3.67. The van der Waals surface area contributed by atoms with Crippen molar-refractivity contribution in [2.45, 2.75) is 32.4 Å². The van der Waals surface area contributed by atoms with Gasteiger partial charge in [-0.2, -0.15) is 10.2 Å². The minimum absolute atomic E-state index is 0.102. The van der Waals surface area contributed by atoms with Gasteiger partial charge in [-0.25, -0.2) is 0 Å². The highest BCUT2D eigenvalue weighted by Gasteiger charge is 2.27. The molecule has 0 radical (unpaired) electrons. The molecule has 3 heterocycles. The highest BCUT2D eigenvalue weighted by molar-refractivity contribution is 5.75. The minimum Gasteiger partial charge on any atom is -0.338 e. The summed E-state index contributed by atoms with van der Waals surface area (Å²) in [6.45, 7) is 4.56. The summed E-state index contributed by atoms with van der Waals surface area (Å²) in [5.41, 5.74) is 5.77. The monoisotopic (exact) mass is 428 g/mol. The van der Waals surface area contributed by atoms with Crippen LogP contribution in [0.3, 0.4) is 0 Å². The molecule has 164 valence electrons. The van der Waals surface area contributed by atoms with E-state index in [1.54, 1.807) is 6.92 Å². The Morgan fingerprint density at radius 2 is 1.94 bits per heavy atom. The van der Waals surface area contributed by atoms with Crippen LogP contribution >= 0.6 is 0 Å². The summed E-state index contributed by atoms with van der Waals surface area (Å²) < 4.78 is 0.